The quantitative estimate of drug-likeness (QED) is 0.672. The third kappa shape index (κ3) is 1.31. The van der Waals surface area contributed by atoms with Crippen LogP contribution in [0.1, 0.15) is 11.3 Å². The summed E-state index contributed by atoms with van der Waals surface area (Å²) >= 11 is 0. The van der Waals surface area contributed by atoms with Crippen LogP contribution in [0.4, 0.5) is 0 Å². The fraction of sp³-hybridized carbons (Fsp3) is 0.250. The molecule has 1 aliphatic rings. The Morgan fingerprint density at radius 1 is 1.38 bits per heavy atom. The Hall–Kier alpha value is -1.81. The molecule has 2 heterocycles. The van der Waals surface area contributed by atoms with E-state index in [9.17, 15) is 4.79 Å². The Morgan fingerprint density at radius 3 is 3.00 bits per heavy atom. The first kappa shape index (κ1) is 9.42. The Balaban J connectivity index is 2.11. The summed E-state index contributed by atoms with van der Waals surface area (Å²) in [6.45, 7) is 0.598. The van der Waals surface area contributed by atoms with Gasteiger partial charge in [-0.1, -0.05) is 18.2 Å². The second-order valence-electron chi connectivity index (χ2n) is 4.10. The average molecular weight is 216 g/mol. The molecule has 82 valence electrons. The van der Waals surface area contributed by atoms with Crippen molar-refractivity contribution in [1.29, 1.82) is 0 Å². The number of aromatic nitrogens is 1. The van der Waals surface area contributed by atoms with Gasteiger partial charge in [0.15, 0.2) is 0 Å². The van der Waals surface area contributed by atoms with Crippen LogP contribution in [0.15, 0.2) is 24.3 Å². The molecule has 3 rings (SSSR count). The number of para-hydroxylation sites is 1. The Morgan fingerprint density at radius 2 is 2.19 bits per heavy atom. The number of carboxylic acid groups (broad SMARTS) is 1. The van der Waals surface area contributed by atoms with Gasteiger partial charge in [-0.2, -0.15) is 0 Å². The fourth-order valence-electron chi connectivity index (χ4n) is 2.32. The number of aliphatic carboxylic acids is 1. The molecular weight excluding hydrogens is 204 g/mol. The van der Waals surface area contributed by atoms with Gasteiger partial charge in [-0.25, -0.2) is 0 Å². The number of carboxylic acids is 1. The molecule has 0 spiro atoms. The minimum Gasteiger partial charge on any atom is -0.480 e. The van der Waals surface area contributed by atoms with Crippen LogP contribution in [0, 0.1) is 0 Å². The summed E-state index contributed by atoms with van der Waals surface area (Å²) in [5.41, 5.74) is 3.33. The van der Waals surface area contributed by atoms with E-state index in [0.29, 0.717) is 13.0 Å². The lowest BCUT2D eigenvalue weighted by Gasteiger charge is -2.20. The van der Waals surface area contributed by atoms with Gasteiger partial charge in [0.2, 0.25) is 0 Å². The molecule has 0 saturated carbocycles. The van der Waals surface area contributed by atoms with Gasteiger partial charge in [0.25, 0.3) is 0 Å². The molecule has 0 aliphatic carbocycles. The zero-order valence-corrected chi connectivity index (χ0v) is 8.66. The van der Waals surface area contributed by atoms with E-state index in [1.54, 1.807) is 0 Å². The maximum absolute atomic E-state index is 10.9. The van der Waals surface area contributed by atoms with Crippen molar-refractivity contribution in [2.75, 3.05) is 0 Å². The summed E-state index contributed by atoms with van der Waals surface area (Å²) in [7, 11) is 0. The number of benzene rings is 1. The number of carbonyl (C=O) groups is 1. The number of H-pyrrole nitrogens is 1. The zero-order chi connectivity index (χ0) is 11.1. The van der Waals surface area contributed by atoms with Crippen LogP contribution in [0.3, 0.4) is 0 Å². The number of hydrogen-bond acceptors (Lipinski definition) is 2. The predicted molar refractivity (Wildman–Crippen MR) is 60.3 cm³/mol. The molecule has 2 aromatic rings. The van der Waals surface area contributed by atoms with Crippen molar-refractivity contribution in [2.24, 2.45) is 0 Å². The highest BCUT2D eigenvalue weighted by Gasteiger charge is 2.26. The molecule has 3 N–H and O–H groups in total. The van der Waals surface area contributed by atoms with Gasteiger partial charge in [-0.15, -0.1) is 0 Å². The number of nitrogens with one attached hydrogen (secondary N) is 2. The molecule has 0 unspecified atom stereocenters. The summed E-state index contributed by atoms with van der Waals surface area (Å²) in [5.74, 6) is -0.782. The minimum atomic E-state index is -0.782. The second-order valence-corrected chi connectivity index (χ2v) is 4.10. The first-order valence-corrected chi connectivity index (χ1v) is 5.30. The highest BCUT2D eigenvalue weighted by molar-refractivity contribution is 5.86. The van der Waals surface area contributed by atoms with E-state index in [-0.39, 0.29) is 0 Å². The van der Waals surface area contributed by atoms with E-state index in [0.717, 1.165) is 22.2 Å². The smallest absolute Gasteiger partial charge is 0.321 e. The topological polar surface area (TPSA) is 65.1 Å². The summed E-state index contributed by atoms with van der Waals surface area (Å²) in [4.78, 5) is 14.3. The van der Waals surface area contributed by atoms with E-state index in [4.69, 9.17) is 5.11 Å². The molecular formula is C12H12N2O2. The standard InChI is InChI=1S/C12H12N2O2/c15-12(16)10-5-8-7-3-1-2-4-9(7)14-11(8)6-13-10/h1-4,10,13-14H,5-6H2,(H,15,16)/t10-/m0/s1. The van der Waals surface area contributed by atoms with E-state index in [1.807, 2.05) is 24.3 Å². The van der Waals surface area contributed by atoms with Gasteiger partial charge in [-0.3, -0.25) is 10.1 Å². The van der Waals surface area contributed by atoms with E-state index >= 15 is 0 Å². The number of fused-ring (bicyclic) bond motifs is 3. The Kier molecular flexibility index (Phi) is 1.97. The molecule has 4 nitrogen and oxygen atoms in total. The largest absolute Gasteiger partial charge is 0.480 e. The molecule has 4 heteroatoms. The summed E-state index contributed by atoms with van der Waals surface area (Å²) < 4.78 is 0. The molecule has 0 fully saturated rings. The predicted octanol–water partition coefficient (Wildman–Crippen LogP) is 1.27. The fourth-order valence-corrected chi connectivity index (χ4v) is 2.32. The van der Waals surface area contributed by atoms with Gasteiger partial charge in [0, 0.05) is 29.6 Å². The molecule has 0 amide bonds. The van der Waals surface area contributed by atoms with Crippen molar-refractivity contribution < 1.29 is 9.90 Å². The van der Waals surface area contributed by atoms with Gasteiger partial charge < -0.3 is 10.1 Å². The molecule has 16 heavy (non-hydrogen) atoms. The Bertz CT molecular complexity index is 559. The summed E-state index contributed by atoms with van der Waals surface area (Å²) in [6.07, 6.45) is 0.550. The molecule has 1 aromatic heterocycles. The van der Waals surface area contributed by atoms with Crippen LogP contribution < -0.4 is 5.32 Å². The maximum Gasteiger partial charge on any atom is 0.321 e. The van der Waals surface area contributed by atoms with Gasteiger partial charge in [0.05, 0.1) is 0 Å². The van der Waals surface area contributed by atoms with Crippen molar-refractivity contribution in [1.82, 2.24) is 10.3 Å². The third-order valence-corrected chi connectivity index (χ3v) is 3.13. The molecule has 1 aromatic carbocycles. The number of hydrogen-bond donors (Lipinski definition) is 3. The molecule has 1 atom stereocenters. The first-order chi connectivity index (χ1) is 7.75. The normalized spacial score (nSPS) is 19.6. The van der Waals surface area contributed by atoms with E-state index in [2.05, 4.69) is 10.3 Å². The lowest BCUT2D eigenvalue weighted by Crippen LogP contribution is -2.41. The van der Waals surface area contributed by atoms with Crippen LogP contribution in [-0.2, 0) is 17.8 Å². The SMILES string of the molecule is O=C(O)[C@@H]1Cc2c([nH]c3ccccc23)CN1. The highest BCUT2D eigenvalue weighted by Crippen LogP contribution is 2.26. The lowest BCUT2D eigenvalue weighted by molar-refractivity contribution is -0.139. The van der Waals surface area contributed by atoms with Gasteiger partial charge in [-0.05, 0) is 11.6 Å². The first-order valence-electron chi connectivity index (χ1n) is 5.30. The summed E-state index contributed by atoms with van der Waals surface area (Å²) in [5, 5.41) is 13.1. The van der Waals surface area contributed by atoms with Gasteiger partial charge >= 0.3 is 5.97 Å². The van der Waals surface area contributed by atoms with E-state index < -0.39 is 12.0 Å². The summed E-state index contributed by atoms with van der Waals surface area (Å²) in [6, 6.07) is 7.55. The van der Waals surface area contributed by atoms with Crippen LogP contribution in [0.25, 0.3) is 10.9 Å². The van der Waals surface area contributed by atoms with Crippen LogP contribution in [0.2, 0.25) is 0 Å². The van der Waals surface area contributed by atoms with Crippen LogP contribution >= 0.6 is 0 Å². The van der Waals surface area contributed by atoms with E-state index in [1.165, 1.54) is 0 Å². The maximum atomic E-state index is 10.9. The number of aromatic amines is 1. The van der Waals surface area contributed by atoms with Crippen molar-refractivity contribution >= 4 is 16.9 Å². The monoisotopic (exact) mass is 216 g/mol. The second kappa shape index (κ2) is 3.35. The molecule has 1 aliphatic heterocycles. The van der Waals surface area contributed by atoms with Gasteiger partial charge in [0.1, 0.15) is 6.04 Å². The third-order valence-electron chi connectivity index (χ3n) is 3.13. The lowest BCUT2D eigenvalue weighted by atomic mass is 9.99. The van der Waals surface area contributed by atoms with Crippen LogP contribution in [0.5, 0.6) is 0 Å². The van der Waals surface area contributed by atoms with Crippen LogP contribution in [-0.4, -0.2) is 22.1 Å². The van der Waals surface area contributed by atoms with Crippen molar-refractivity contribution in [3.63, 3.8) is 0 Å². The minimum absolute atomic E-state index is 0.466. The molecule has 0 bridgehead atoms. The zero-order valence-electron chi connectivity index (χ0n) is 8.66. The van der Waals surface area contributed by atoms with Crippen molar-refractivity contribution in [2.45, 2.75) is 19.0 Å². The molecule has 0 saturated heterocycles. The Labute approximate surface area is 92.3 Å². The van der Waals surface area contributed by atoms with Crippen molar-refractivity contribution in [3.05, 3.63) is 35.5 Å². The number of rotatable bonds is 1. The highest BCUT2D eigenvalue weighted by atomic mass is 16.4. The molecule has 0 radical (unpaired) electrons. The average Bonchev–Trinajstić information content (AvgIpc) is 2.66. The van der Waals surface area contributed by atoms with Crippen molar-refractivity contribution in [3.8, 4) is 0 Å².